The number of aryl methyl sites for hydroxylation is 1. The van der Waals surface area contributed by atoms with E-state index >= 15 is 0 Å². The van der Waals surface area contributed by atoms with Gasteiger partial charge in [0.25, 0.3) is 0 Å². The Morgan fingerprint density at radius 3 is 2.48 bits per heavy atom. The number of carbonyl (C=O) groups excluding carboxylic acids is 1. The van der Waals surface area contributed by atoms with Gasteiger partial charge in [0, 0.05) is 25.2 Å². The largest absolute Gasteiger partial charge is 0.326 e. The van der Waals surface area contributed by atoms with Gasteiger partial charge in [0.15, 0.2) is 0 Å². The zero-order valence-electron chi connectivity index (χ0n) is 16.6. The van der Waals surface area contributed by atoms with Crippen LogP contribution in [0.4, 0.5) is 10.1 Å². The lowest BCUT2D eigenvalue weighted by molar-refractivity contribution is -0.116. The molecule has 0 bridgehead atoms. The fourth-order valence-corrected chi connectivity index (χ4v) is 5.09. The lowest BCUT2D eigenvalue weighted by Crippen LogP contribution is -2.38. The lowest BCUT2D eigenvalue weighted by atomic mass is 9.93. The molecule has 1 heterocycles. The lowest BCUT2D eigenvalue weighted by Gasteiger charge is -2.31. The predicted octanol–water partition coefficient (Wildman–Crippen LogP) is 4.21. The number of nitrogens with one attached hydrogen (secondary N) is 1. The van der Waals surface area contributed by atoms with Crippen molar-refractivity contribution in [2.75, 3.05) is 18.4 Å². The number of sulfonamides is 1. The van der Waals surface area contributed by atoms with E-state index in [2.05, 4.69) is 12.2 Å². The molecule has 156 valence electrons. The van der Waals surface area contributed by atoms with Crippen LogP contribution in [0.5, 0.6) is 0 Å². The van der Waals surface area contributed by atoms with Crippen molar-refractivity contribution < 1.29 is 17.6 Å². The molecule has 5 nitrogen and oxygen atoms in total. The highest BCUT2D eigenvalue weighted by atomic mass is 32.2. The summed E-state index contributed by atoms with van der Waals surface area (Å²) in [5, 5.41) is 2.94. The van der Waals surface area contributed by atoms with Gasteiger partial charge in [-0.2, -0.15) is 4.31 Å². The van der Waals surface area contributed by atoms with Gasteiger partial charge in [-0.1, -0.05) is 19.1 Å². The average Bonchev–Trinajstić information content (AvgIpc) is 2.73. The van der Waals surface area contributed by atoms with Gasteiger partial charge in [-0.15, -0.1) is 0 Å². The fourth-order valence-electron chi connectivity index (χ4n) is 3.62. The average molecular weight is 419 g/mol. The maximum atomic E-state index is 13.1. The van der Waals surface area contributed by atoms with E-state index in [-0.39, 0.29) is 10.8 Å². The minimum absolute atomic E-state index is 0.0142. The van der Waals surface area contributed by atoms with Crippen molar-refractivity contribution in [3.8, 4) is 0 Å². The number of rotatable bonds is 7. The molecule has 1 aliphatic rings. The summed E-state index contributed by atoms with van der Waals surface area (Å²) < 4.78 is 39.8. The first-order chi connectivity index (χ1) is 13.9. The number of hydrogen-bond acceptors (Lipinski definition) is 3. The number of hydrogen-bond donors (Lipinski definition) is 1. The van der Waals surface area contributed by atoms with Gasteiger partial charge in [0.1, 0.15) is 5.82 Å². The van der Waals surface area contributed by atoms with Gasteiger partial charge in [0.2, 0.25) is 15.9 Å². The van der Waals surface area contributed by atoms with Crippen LogP contribution in [0.1, 0.15) is 38.2 Å². The minimum atomic E-state index is -3.59. The number of anilines is 1. The molecule has 0 spiro atoms. The van der Waals surface area contributed by atoms with E-state index in [1.54, 1.807) is 0 Å². The van der Waals surface area contributed by atoms with E-state index in [4.69, 9.17) is 0 Å². The molecule has 1 fully saturated rings. The Morgan fingerprint density at radius 1 is 1.14 bits per heavy atom. The van der Waals surface area contributed by atoms with Crippen LogP contribution in [0.25, 0.3) is 0 Å². The van der Waals surface area contributed by atoms with E-state index in [9.17, 15) is 17.6 Å². The van der Waals surface area contributed by atoms with Gasteiger partial charge >= 0.3 is 0 Å². The Hall–Kier alpha value is -2.25. The summed E-state index contributed by atoms with van der Waals surface area (Å²) in [6, 6.07) is 12.8. The van der Waals surface area contributed by atoms with Crippen molar-refractivity contribution in [1.29, 1.82) is 0 Å². The van der Waals surface area contributed by atoms with Crippen LogP contribution in [0.2, 0.25) is 0 Å². The fraction of sp³-hybridized carbons (Fsp3) is 0.409. The Bertz CT molecular complexity index is 937. The number of piperidine rings is 1. The molecule has 7 heteroatoms. The molecule has 2 aromatic carbocycles. The van der Waals surface area contributed by atoms with E-state index in [0.717, 1.165) is 43.5 Å². The monoisotopic (exact) mass is 418 g/mol. The van der Waals surface area contributed by atoms with Crippen LogP contribution < -0.4 is 5.32 Å². The second kappa shape index (κ2) is 9.50. The summed E-state index contributed by atoms with van der Waals surface area (Å²) in [7, 11) is -3.59. The Kier molecular flexibility index (Phi) is 7.03. The normalized spacial score (nSPS) is 15.9. The highest BCUT2D eigenvalue weighted by Gasteiger charge is 2.29. The first kappa shape index (κ1) is 21.5. The topological polar surface area (TPSA) is 66.5 Å². The van der Waals surface area contributed by atoms with E-state index in [1.165, 1.54) is 22.0 Å². The van der Waals surface area contributed by atoms with Gasteiger partial charge in [-0.25, -0.2) is 12.8 Å². The summed E-state index contributed by atoms with van der Waals surface area (Å²) in [5.74, 6) is -0.149. The summed E-state index contributed by atoms with van der Waals surface area (Å²) in [6.07, 6.45) is 3.52. The van der Waals surface area contributed by atoms with E-state index in [0.29, 0.717) is 25.4 Å². The van der Waals surface area contributed by atoms with Gasteiger partial charge < -0.3 is 5.32 Å². The molecular weight excluding hydrogens is 391 g/mol. The molecule has 1 N–H and O–H groups in total. The van der Waals surface area contributed by atoms with Gasteiger partial charge in [-0.3, -0.25) is 4.79 Å². The highest BCUT2D eigenvalue weighted by Crippen LogP contribution is 2.26. The molecule has 0 aromatic heterocycles. The van der Waals surface area contributed by atoms with Crippen molar-refractivity contribution >= 4 is 21.6 Å². The van der Waals surface area contributed by atoms with Crippen LogP contribution in [0, 0.1) is 11.7 Å². The van der Waals surface area contributed by atoms with Crippen LogP contribution >= 0.6 is 0 Å². The van der Waals surface area contributed by atoms with Crippen molar-refractivity contribution in [2.45, 2.75) is 43.9 Å². The maximum Gasteiger partial charge on any atom is 0.243 e. The maximum absolute atomic E-state index is 13.1. The molecule has 1 saturated heterocycles. The van der Waals surface area contributed by atoms with Crippen molar-refractivity contribution in [3.05, 3.63) is 59.9 Å². The minimum Gasteiger partial charge on any atom is -0.326 e. The van der Waals surface area contributed by atoms with Gasteiger partial charge in [-0.05, 0) is 73.6 Å². The van der Waals surface area contributed by atoms with Crippen molar-refractivity contribution in [1.82, 2.24) is 4.31 Å². The zero-order chi connectivity index (χ0) is 20.9. The van der Waals surface area contributed by atoms with Crippen molar-refractivity contribution in [3.63, 3.8) is 0 Å². The number of amides is 1. The molecule has 1 aliphatic heterocycles. The molecule has 0 aliphatic carbocycles. The molecule has 0 radical (unpaired) electrons. The smallest absolute Gasteiger partial charge is 0.243 e. The second-order valence-electron chi connectivity index (χ2n) is 7.44. The molecule has 1 amide bonds. The molecule has 29 heavy (non-hydrogen) atoms. The number of nitrogens with zero attached hydrogens (tertiary/aromatic N) is 1. The summed E-state index contributed by atoms with van der Waals surface area (Å²) >= 11 is 0. The molecule has 0 unspecified atom stereocenters. The van der Waals surface area contributed by atoms with E-state index < -0.39 is 15.8 Å². The first-order valence-electron chi connectivity index (χ1n) is 10.0. The molecule has 0 atom stereocenters. The van der Waals surface area contributed by atoms with Crippen LogP contribution in [-0.4, -0.2) is 31.7 Å². The first-order valence-corrected chi connectivity index (χ1v) is 11.5. The number of benzene rings is 2. The highest BCUT2D eigenvalue weighted by molar-refractivity contribution is 7.89. The Labute approximate surface area is 172 Å². The van der Waals surface area contributed by atoms with E-state index in [1.807, 2.05) is 24.3 Å². The molecule has 3 rings (SSSR count). The third-order valence-corrected chi connectivity index (χ3v) is 7.34. The number of carbonyl (C=O) groups is 1. The third kappa shape index (κ3) is 5.64. The van der Waals surface area contributed by atoms with Crippen LogP contribution in [0.15, 0.2) is 53.4 Å². The van der Waals surface area contributed by atoms with Crippen LogP contribution in [-0.2, 0) is 21.2 Å². The molecule has 0 saturated carbocycles. The SMILES string of the molecule is CCc1cccc(NC(=O)CCC2CCN(S(=O)(=O)c3ccc(F)cc3)CC2)c1. The Morgan fingerprint density at radius 2 is 1.83 bits per heavy atom. The molecular formula is C22H27FN2O3S. The second-order valence-corrected chi connectivity index (χ2v) is 9.38. The quantitative estimate of drug-likeness (QED) is 0.733. The van der Waals surface area contributed by atoms with Crippen LogP contribution in [0.3, 0.4) is 0 Å². The summed E-state index contributed by atoms with van der Waals surface area (Å²) in [4.78, 5) is 12.4. The van der Waals surface area contributed by atoms with Gasteiger partial charge in [0.05, 0.1) is 4.90 Å². The van der Waals surface area contributed by atoms with Crippen molar-refractivity contribution in [2.24, 2.45) is 5.92 Å². The third-order valence-electron chi connectivity index (χ3n) is 5.42. The Balaban J connectivity index is 1.47. The predicted molar refractivity (Wildman–Crippen MR) is 112 cm³/mol. The summed E-state index contributed by atoms with van der Waals surface area (Å²) in [5.41, 5.74) is 1.99. The standard InChI is InChI=1S/C22H27FN2O3S/c1-2-17-4-3-5-20(16-17)24-22(26)11-6-18-12-14-25(15-13-18)29(27,28)21-9-7-19(23)8-10-21/h3-5,7-10,16,18H,2,6,11-15H2,1H3,(H,24,26). The molecule has 2 aromatic rings. The zero-order valence-corrected chi connectivity index (χ0v) is 17.4. The number of halogens is 1. The summed E-state index contributed by atoms with van der Waals surface area (Å²) in [6.45, 7) is 2.92.